The van der Waals surface area contributed by atoms with Gasteiger partial charge in [0.1, 0.15) is 0 Å². The van der Waals surface area contributed by atoms with Crippen molar-refractivity contribution in [1.82, 2.24) is 4.98 Å². The van der Waals surface area contributed by atoms with Gasteiger partial charge in [-0.15, -0.1) is 22.9 Å². The fourth-order valence-corrected chi connectivity index (χ4v) is 2.43. The first-order valence-corrected chi connectivity index (χ1v) is 6.85. The molecule has 0 atom stereocenters. The van der Waals surface area contributed by atoms with Crippen molar-refractivity contribution in [2.24, 2.45) is 0 Å². The lowest BCUT2D eigenvalue weighted by Crippen LogP contribution is -2.11. The molecular weight excluding hydrogens is 268 g/mol. The molecule has 0 saturated heterocycles. The number of hydrogen-bond acceptors (Lipinski definition) is 3. The third kappa shape index (κ3) is 2.89. The molecule has 0 spiro atoms. The maximum absolute atomic E-state index is 12.0. The maximum atomic E-state index is 12.0. The van der Waals surface area contributed by atoms with E-state index in [1.54, 1.807) is 12.1 Å². The predicted octanol–water partition coefficient (Wildman–Crippen LogP) is 3.75. The SMILES string of the molecule is Cc1nc(NC(=O)c2ccc(CCl)cc2)sc1C. The summed E-state index contributed by atoms with van der Waals surface area (Å²) in [5, 5.41) is 3.43. The van der Waals surface area contributed by atoms with Crippen LogP contribution in [0.5, 0.6) is 0 Å². The van der Waals surface area contributed by atoms with Crippen LogP contribution in [0.1, 0.15) is 26.5 Å². The summed E-state index contributed by atoms with van der Waals surface area (Å²) in [5.41, 5.74) is 2.55. The van der Waals surface area contributed by atoms with Crippen LogP contribution in [0.3, 0.4) is 0 Å². The average Bonchev–Trinajstić information content (AvgIpc) is 2.68. The van der Waals surface area contributed by atoms with E-state index in [0.29, 0.717) is 16.6 Å². The van der Waals surface area contributed by atoms with Crippen LogP contribution in [0.15, 0.2) is 24.3 Å². The van der Waals surface area contributed by atoms with Gasteiger partial charge >= 0.3 is 0 Å². The molecule has 0 aliphatic heterocycles. The summed E-state index contributed by atoms with van der Waals surface area (Å²) in [5.74, 6) is 0.303. The van der Waals surface area contributed by atoms with Gasteiger partial charge in [-0.1, -0.05) is 12.1 Å². The van der Waals surface area contributed by atoms with Crippen molar-refractivity contribution in [3.8, 4) is 0 Å². The van der Waals surface area contributed by atoms with Gasteiger partial charge in [0.05, 0.1) is 5.69 Å². The number of carbonyl (C=O) groups is 1. The van der Waals surface area contributed by atoms with Crippen LogP contribution in [0.2, 0.25) is 0 Å². The summed E-state index contributed by atoms with van der Waals surface area (Å²) in [6, 6.07) is 7.22. The molecule has 0 unspecified atom stereocenters. The molecule has 1 aromatic heterocycles. The number of amides is 1. The number of carbonyl (C=O) groups excluding carboxylic acids is 1. The van der Waals surface area contributed by atoms with Gasteiger partial charge in [-0.3, -0.25) is 10.1 Å². The third-order valence-corrected chi connectivity index (χ3v) is 3.92. The topological polar surface area (TPSA) is 42.0 Å². The summed E-state index contributed by atoms with van der Waals surface area (Å²) < 4.78 is 0. The van der Waals surface area contributed by atoms with Crippen molar-refractivity contribution in [1.29, 1.82) is 0 Å². The Kier molecular flexibility index (Phi) is 3.99. The molecular formula is C13H13ClN2OS. The van der Waals surface area contributed by atoms with Gasteiger partial charge in [0, 0.05) is 16.3 Å². The lowest BCUT2D eigenvalue weighted by atomic mass is 10.1. The summed E-state index contributed by atoms with van der Waals surface area (Å²) in [4.78, 5) is 17.3. The standard InChI is InChI=1S/C13H13ClN2OS/c1-8-9(2)18-13(15-8)16-12(17)11-5-3-10(7-14)4-6-11/h3-6H,7H2,1-2H3,(H,15,16,17). The van der Waals surface area contributed by atoms with Gasteiger partial charge in [0.15, 0.2) is 5.13 Å². The highest BCUT2D eigenvalue weighted by atomic mass is 35.5. The number of halogens is 1. The number of benzene rings is 1. The van der Waals surface area contributed by atoms with E-state index in [0.717, 1.165) is 16.1 Å². The molecule has 3 nitrogen and oxygen atoms in total. The van der Waals surface area contributed by atoms with Crippen LogP contribution in [0.4, 0.5) is 5.13 Å². The number of anilines is 1. The summed E-state index contributed by atoms with van der Waals surface area (Å²) >= 11 is 7.18. The second kappa shape index (κ2) is 5.50. The van der Waals surface area contributed by atoms with Crippen molar-refractivity contribution >= 4 is 34.0 Å². The van der Waals surface area contributed by atoms with E-state index >= 15 is 0 Å². The maximum Gasteiger partial charge on any atom is 0.257 e. The molecule has 0 saturated carbocycles. The van der Waals surface area contributed by atoms with E-state index in [2.05, 4.69) is 10.3 Å². The molecule has 0 aliphatic rings. The summed E-state index contributed by atoms with van der Waals surface area (Å²) in [7, 11) is 0. The molecule has 0 aliphatic carbocycles. The molecule has 0 fully saturated rings. The fraction of sp³-hybridized carbons (Fsp3) is 0.231. The normalized spacial score (nSPS) is 10.4. The second-order valence-electron chi connectivity index (χ2n) is 3.95. The number of nitrogens with one attached hydrogen (secondary N) is 1. The van der Waals surface area contributed by atoms with Crippen molar-refractivity contribution in [3.05, 3.63) is 46.0 Å². The Labute approximate surface area is 115 Å². The quantitative estimate of drug-likeness (QED) is 0.870. The number of aryl methyl sites for hydroxylation is 2. The molecule has 0 radical (unpaired) electrons. The Hall–Kier alpha value is -1.39. The van der Waals surface area contributed by atoms with Gasteiger partial charge in [-0.2, -0.15) is 0 Å². The predicted molar refractivity (Wildman–Crippen MR) is 75.5 cm³/mol. The van der Waals surface area contributed by atoms with Crippen molar-refractivity contribution in [2.45, 2.75) is 19.7 Å². The Morgan fingerprint density at radius 1 is 1.33 bits per heavy atom. The van der Waals surface area contributed by atoms with E-state index in [1.807, 2.05) is 26.0 Å². The molecule has 1 N–H and O–H groups in total. The fourth-order valence-electron chi connectivity index (χ4n) is 1.44. The minimum Gasteiger partial charge on any atom is -0.298 e. The van der Waals surface area contributed by atoms with Crippen LogP contribution in [-0.2, 0) is 5.88 Å². The monoisotopic (exact) mass is 280 g/mol. The highest BCUT2D eigenvalue weighted by Crippen LogP contribution is 2.21. The number of thiazole rings is 1. The van der Waals surface area contributed by atoms with E-state index in [4.69, 9.17) is 11.6 Å². The van der Waals surface area contributed by atoms with Crippen molar-refractivity contribution < 1.29 is 4.79 Å². The van der Waals surface area contributed by atoms with Gasteiger partial charge < -0.3 is 0 Å². The molecule has 18 heavy (non-hydrogen) atoms. The van der Waals surface area contributed by atoms with Crippen LogP contribution in [0, 0.1) is 13.8 Å². The number of alkyl halides is 1. The Morgan fingerprint density at radius 2 is 2.00 bits per heavy atom. The largest absolute Gasteiger partial charge is 0.298 e. The lowest BCUT2D eigenvalue weighted by Gasteiger charge is -2.02. The lowest BCUT2D eigenvalue weighted by molar-refractivity contribution is 0.102. The van der Waals surface area contributed by atoms with Gasteiger partial charge in [0.25, 0.3) is 5.91 Å². The second-order valence-corrected chi connectivity index (χ2v) is 5.42. The van der Waals surface area contributed by atoms with Crippen LogP contribution >= 0.6 is 22.9 Å². The van der Waals surface area contributed by atoms with E-state index in [1.165, 1.54) is 11.3 Å². The smallest absolute Gasteiger partial charge is 0.257 e. The van der Waals surface area contributed by atoms with Gasteiger partial charge in [-0.25, -0.2) is 4.98 Å². The van der Waals surface area contributed by atoms with E-state index < -0.39 is 0 Å². The number of nitrogens with zero attached hydrogens (tertiary/aromatic N) is 1. The van der Waals surface area contributed by atoms with Gasteiger partial charge in [0.2, 0.25) is 0 Å². The van der Waals surface area contributed by atoms with Gasteiger partial charge in [-0.05, 0) is 31.5 Å². The highest BCUT2D eigenvalue weighted by Gasteiger charge is 2.09. The molecule has 1 heterocycles. The Bertz CT molecular complexity index is 543. The molecule has 5 heteroatoms. The zero-order chi connectivity index (χ0) is 13.1. The van der Waals surface area contributed by atoms with Crippen LogP contribution < -0.4 is 5.32 Å². The number of aromatic nitrogens is 1. The summed E-state index contributed by atoms with van der Waals surface area (Å²) in [6.45, 7) is 3.91. The zero-order valence-corrected chi connectivity index (χ0v) is 11.7. The molecule has 0 bridgehead atoms. The van der Waals surface area contributed by atoms with E-state index in [-0.39, 0.29) is 5.91 Å². The third-order valence-electron chi connectivity index (χ3n) is 2.62. The highest BCUT2D eigenvalue weighted by molar-refractivity contribution is 7.15. The van der Waals surface area contributed by atoms with Crippen LogP contribution in [-0.4, -0.2) is 10.9 Å². The van der Waals surface area contributed by atoms with Crippen molar-refractivity contribution in [3.63, 3.8) is 0 Å². The molecule has 1 aromatic carbocycles. The number of hydrogen-bond donors (Lipinski definition) is 1. The first-order chi connectivity index (χ1) is 8.60. The Morgan fingerprint density at radius 3 is 2.50 bits per heavy atom. The Balaban J connectivity index is 2.11. The first-order valence-electron chi connectivity index (χ1n) is 5.50. The first kappa shape index (κ1) is 13.1. The minimum atomic E-state index is -0.148. The molecule has 2 rings (SSSR count). The number of rotatable bonds is 3. The molecule has 1 amide bonds. The zero-order valence-electron chi connectivity index (χ0n) is 10.2. The summed E-state index contributed by atoms with van der Waals surface area (Å²) in [6.07, 6.45) is 0. The molecule has 94 valence electrons. The average molecular weight is 281 g/mol. The molecule has 2 aromatic rings. The van der Waals surface area contributed by atoms with E-state index in [9.17, 15) is 4.79 Å². The van der Waals surface area contributed by atoms with Crippen LogP contribution in [0.25, 0.3) is 0 Å². The van der Waals surface area contributed by atoms with Crippen molar-refractivity contribution in [2.75, 3.05) is 5.32 Å². The minimum absolute atomic E-state index is 0.148.